The molecule has 4 N–H and O–H groups in total. The fourth-order valence-corrected chi connectivity index (χ4v) is 4.31. The Bertz CT molecular complexity index is 1280. The zero-order chi connectivity index (χ0) is 24.9. The Morgan fingerprint density at radius 3 is 2.06 bits per heavy atom. The second kappa shape index (κ2) is 10.2. The minimum Gasteiger partial charge on any atom is -0.366 e. The average molecular weight is 480 g/mol. The van der Waals surface area contributed by atoms with Crippen LogP contribution in [0.25, 0.3) is 0 Å². The lowest BCUT2D eigenvalue weighted by molar-refractivity contribution is 0.0950. The van der Waals surface area contributed by atoms with Crippen LogP contribution in [0.2, 0.25) is 0 Å². The summed E-state index contributed by atoms with van der Waals surface area (Å²) in [7, 11) is -3.66. The molecule has 3 aromatic rings. The second-order valence-corrected chi connectivity index (χ2v) is 10.8. The van der Waals surface area contributed by atoms with Crippen LogP contribution in [0.5, 0.6) is 0 Å². The fraction of sp³-hybridized carbons (Fsp3) is 0.231. The van der Waals surface area contributed by atoms with Crippen molar-refractivity contribution in [3.05, 3.63) is 101 Å². The molecule has 0 atom stereocenters. The van der Waals surface area contributed by atoms with Gasteiger partial charge >= 0.3 is 0 Å². The predicted octanol–water partition coefficient (Wildman–Crippen LogP) is 3.49. The molecule has 0 heterocycles. The van der Waals surface area contributed by atoms with Crippen LogP contribution in [0.1, 0.15) is 58.2 Å². The molecule has 0 aliphatic rings. The molecule has 0 unspecified atom stereocenters. The molecule has 0 fully saturated rings. The van der Waals surface area contributed by atoms with E-state index in [0.717, 1.165) is 16.7 Å². The maximum atomic E-state index is 12.6. The molecule has 0 aromatic heterocycles. The van der Waals surface area contributed by atoms with Gasteiger partial charge in [-0.25, -0.2) is 13.1 Å². The van der Waals surface area contributed by atoms with Crippen molar-refractivity contribution in [2.45, 2.75) is 44.2 Å². The number of primary amides is 1. The third-order valence-electron chi connectivity index (χ3n) is 5.38. The average Bonchev–Trinajstić information content (AvgIpc) is 2.81. The van der Waals surface area contributed by atoms with Crippen LogP contribution in [0.3, 0.4) is 0 Å². The van der Waals surface area contributed by atoms with Gasteiger partial charge in [-0.3, -0.25) is 9.59 Å². The lowest BCUT2D eigenvalue weighted by Gasteiger charge is -2.19. The number of benzene rings is 3. The second-order valence-electron chi connectivity index (χ2n) is 9.04. The first-order valence-corrected chi connectivity index (χ1v) is 12.3. The van der Waals surface area contributed by atoms with Gasteiger partial charge in [0.1, 0.15) is 0 Å². The SMILES string of the molecule is CC(C)(C)c1ccc(S(=O)(=O)NCc2ccc(C(=O)NCc3cccc(C(N)=O)c3)cc2)cc1. The van der Waals surface area contributed by atoms with Gasteiger partial charge in [-0.2, -0.15) is 0 Å². The van der Waals surface area contributed by atoms with Crippen LogP contribution in [0.4, 0.5) is 0 Å². The number of carbonyl (C=O) groups excluding carboxylic acids is 2. The van der Waals surface area contributed by atoms with E-state index < -0.39 is 15.9 Å². The monoisotopic (exact) mass is 479 g/mol. The number of rotatable bonds is 8. The Hall–Kier alpha value is -3.49. The lowest BCUT2D eigenvalue weighted by Crippen LogP contribution is -2.24. The number of amides is 2. The van der Waals surface area contributed by atoms with E-state index in [2.05, 4.69) is 30.8 Å². The molecule has 0 saturated heterocycles. The number of carbonyl (C=O) groups is 2. The van der Waals surface area contributed by atoms with Gasteiger partial charge in [0.05, 0.1) is 4.90 Å². The molecule has 0 aliphatic heterocycles. The Morgan fingerprint density at radius 1 is 0.824 bits per heavy atom. The quantitative estimate of drug-likeness (QED) is 0.458. The van der Waals surface area contributed by atoms with Crippen molar-refractivity contribution >= 4 is 21.8 Å². The van der Waals surface area contributed by atoms with Crippen LogP contribution in [-0.4, -0.2) is 20.2 Å². The van der Waals surface area contributed by atoms with Crippen LogP contribution in [0, 0.1) is 0 Å². The summed E-state index contributed by atoms with van der Waals surface area (Å²) in [6.45, 7) is 6.56. The minimum atomic E-state index is -3.66. The highest BCUT2D eigenvalue weighted by Crippen LogP contribution is 2.23. The van der Waals surface area contributed by atoms with E-state index >= 15 is 0 Å². The predicted molar refractivity (Wildman–Crippen MR) is 132 cm³/mol. The molecule has 3 rings (SSSR count). The molecule has 0 saturated carbocycles. The first-order valence-electron chi connectivity index (χ1n) is 10.8. The summed E-state index contributed by atoms with van der Waals surface area (Å²) in [5.41, 5.74) is 8.58. The Labute approximate surface area is 200 Å². The van der Waals surface area contributed by atoms with E-state index in [1.165, 1.54) is 0 Å². The zero-order valence-corrected chi connectivity index (χ0v) is 20.3. The first kappa shape index (κ1) is 25.1. The largest absolute Gasteiger partial charge is 0.366 e. The van der Waals surface area contributed by atoms with E-state index in [0.29, 0.717) is 11.1 Å². The van der Waals surface area contributed by atoms with E-state index in [-0.39, 0.29) is 29.3 Å². The minimum absolute atomic E-state index is 0.0582. The number of hydrogen-bond donors (Lipinski definition) is 3. The summed E-state index contributed by atoms with van der Waals surface area (Å²) in [4.78, 5) is 23.9. The van der Waals surface area contributed by atoms with Crippen molar-refractivity contribution in [1.29, 1.82) is 0 Å². The number of sulfonamides is 1. The van der Waals surface area contributed by atoms with Crippen molar-refractivity contribution in [1.82, 2.24) is 10.0 Å². The molecular formula is C26H29N3O4S. The van der Waals surface area contributed by atoms with Gasteiger partial charge in [0.2, 0.25) is 15.9 Å². The van der Waals surface area contributed by atoms with E-state index in [1.54, 1.807) is 60.7 Å². The van der Waals surface area contributed by atoms with Crippen LogP contribution in [-0.2, 0) is 28.5 Å². The highest BCUT2D eigenvalue weighted by Gasteiger charge is 2.17. The molecule has 0 bridgehead atoms. The summed E-state index contributed by atoms with van der Waals surface area (Å²) in [5, 5.41) is 2.79. The molecule has 0 radical (unpaired) electrons. The van der Waals surface area contributed by atoms with Crippen molar-refractivity contribution < 1.29 is 18.0 Å². The van der Waals surface area contributed by atoms with Crippen molar-refractivity contribution in [3.63, 3.8) is 0 Å². The van der Waals surface area contributed by atoms with E-state index in [4.69, 9.17) is 5.73 Å². The Balaban J connectivity index is 1.57. The third-order valence-corrected chi connectivity index (χ3v) is 6.79. The molecule has 178 valence electrons. The highest BCUT2D eigenvalue weighted by molar-refractivity contribution is 7.89. The van der Waals surface area contributed by atoms with Gasteiger partial charge in [-0.1, -0.05) is 57.2 Å². The maximum Gasteiger partial charge on any atom is 0.251 e. The van der Waals surface area contributed by atoms with Gasteiger partial charge in [-0.05, 0) is 58.5 Å². The normalized spacial score (nSPS) is 11.7. The standard InChI is InChI=1S/C26H29N3O4S/c1-26(2,3)22-11-13-23(14-12-22)34(32,33)29-17-18-7-9-20(10-8-18)25(31)28-16-19-5-4-6-21(15-19)24(27)30/h4-15,29H,16-17H2,1-3H3,(H2,27,30)(H,28,31). The van der Waals surface area contributed by atoms with Gasteiger partial charge in [-0.15, -0.1) is 0 Å². The van der Waals surface area contributed by atoms with Crippen molar-refractivity contribution in [2.24, 2.45) is 5.73 Å². The molecular weight excluding hydrogens is 450 g/mol. The molecule has 7 nitrogen and oxygen atoms in total. The number of hydrogen-bond acceptors (Lipinski definition) is 4. The lowest BCUT2D eigenvalue weighted by atomic mass is 9.87. The number of nitrogens with two attached hydrogens (primary N) is 1. The topological polar surface area (TPSA) is 118 Å². The molecule has 34 heavy (non-hydrogen) atoms. The highest BCUT2D eigenvalue weighted by atomic mass is 32.2. The fourth-order valence-electron chi connectivity index (χ4n) is 3.29. The smallest absolute Gasteiger partial charge is 0.251 e. The molecule has 0 spiro atoms. The molecule has 8 heteroatoms. The Kier molecular flexibility index (Phi) is 7.54. The van der Waals surface area contributed by atoms with Crippen LogP contribution in [0.15, 0.2) is 77.7 Å². The molecule has 3 aromatic carbocycles. The van der Waals surface area contributed by atoms with Crippen LogP contribution >= 0.6 is 0 Å². The molecule has 0 aliphatic carbocycles. The van der Waals surface area contributed by atoms with Crippen LogP contribution < -0.4 is 15.8 Å². The van der Waals surface area contributed by atoms with E-state index in [9.17, 15) is 18.0 Å². The summed E-state index contributed by atoms with van der Waals surface area (Å²) in [6.07, 6.45) is 0. The van der Waals surface area contributed by atoms with Gasteiger partial charge in [0.15, 0.2) is 0 Å². The zero-order valence-electron chi connectivity index (χ0n) is 19.5. The van der Waals surface area contributed by atoms with Gasteiger partial charge < -0.3 is 11.1 Å². The van der Waals surface area contributed by atoms with E-state index in [1.807, 2.05) is 12.1 Å². The number of nitrogens with one attached hydrogen (secondary N) is 2. The van der Waals surface area contributed by atoms with Crippen molar-refractivity contribution in [2.75, 3.05) is 0 Å². The Morgan fingerprint density at radius 2 is 1.47 bits per heavy atom. The van der Waals surface area contributed by atoms with Gasteiger partial charge in [0, 0.05) is 24.2 Å². The first-order chi connectivity index (χ1) is 16.0. The summed E-state index contributed by atoms with van der Waals surface area (Å²) in [5.74, 6) is -0.808. The van der Waals surface area contributed by atoms with Crippen molar-refractivity contribution in [3.8, 4) is 0 Å². The third kappa shape index (κ3) is 6.52. The summed E-state index contributed by atoms with van der Waals surface area (Å²) >= 11 is 0. The maximum absolute atomic E-state index is 12.6. The summed E-state index contributed by atoms with van der Waals surface area (Å²) < 4.78 is 27.8. The molecule has 2 amide bonds. The summed E-state index contributed by atoms with van der Waals surface area (Å²) in [6, 6.07) is 20.3. The van der Waals surface area contributed by atoms with Gasteiger partial charge in [0.25, 0.3) is 5.91 Å².